The fourth-order valence-corrected chi connectivity index (χ4v) is 10.7. The van der Waals surface area contributed by atoms with Gasteiger partial charge in [-0.05, 0) is 111 Å². The lowest BCUT2D eigenvalue weighted by Gasteiger charge is -2.52. The first-order valence-corrected chi connectivity index (χ1v) is 20.2. The third-order valence-corrected chi connectivity index (χ3v) is 14.8. The van der Waals surface area contributed by atoms with E-state index in [0.29, 0.717) is 30.4 Å². The second kappa shape index (κ2) is 13.9. The van der Waals surface area contributed by atoms with Crippen LogP contribution in [0.5, 0.6) is 5.75 Å². The molecule has 2 bridgehead atoms. The molecule has 1 saturated heterocycles. The lowest BCUT2D eigenvalue weighted by atomic mass is 9.63. The minimum atomic E-state index is -2.94. The molecule has 2 aromatic rings. The lowest BCUT2D eigenvalue weighted by molar-refractivity contribution is -0.101. The van der Waals surface area contributed by atoms with Gasteiger partial charge in [-0.25, -0.2) is 4.21 Å². The molecular weight excluding hydrogens is 658 g/mol. The van der Waals surface area contributed by atoms with Crippen LogP contribution in [0.25, 0.3) is 0 Å². The molecule has 3 aliphatic heterocycles. The first kappa shape index (κ1) is 34.9. The van der Waals surface area contributed by atoms with Gasteiger partial charge in [-0.3, -0.25) is 14.4 Å². The first-order chi connectivity index (χ1) is 23.5. The maximum atomic E-state index is 14.0. The normalized spacial score (nSPS) is 36.0. The van der Waals surface area contributed by atoms with Crippen molar-refractivity contribution in [3.63, 3.8) is 0 Å². The number of hydrogen-bond acceptors (Lipinski definition) is 7. The van der Waals surface area contributed by atoms with E-state index in [9.17, 15) is 9.00 Å². The highest BCUT2D eigenvalue weighted by Gasteiger charge is 2.49. The monoisotopic (exact) mass is 709 g/mol. The molecule has 2 fully saturated rings. The standard InChI is InChI=1S/C39H52ClN3O5S/c1-27-7-5-16-39(46-3,25-42-17-19-47-20-18-42)34-12-9-31(34)23-43-24-38(15-6-8-29-21-32(40)11-13-33(29)38)26-48-36-14-10-30(22-35(36)43)37(44)41-49(4,45)28(27)2/h5,10-11,13-14,16,21-22,27-28,31,34H,4,6-9,12,15,17-20,23-26H2,1-3H3,(H,41,44,45)/b16-5+/t27-,28+,31-,34+,38-,39+,49?/m0/s1. The molecule has 2 aromatic carbocycles. The molecular formula is C39H52ClN3O5S. The van der Waals surface area contributed by atoms with Crippen LogP contribution in [0.1, 0.15) is 67.4 Å². The van der Waals surface area contributed by atoms with Crippen LogP contribution in [0.15, 0.2) is 48.6 Å². The van der Waals surface area contributed by atoms with E-state index < -0.39 is 15.3 Å². The van der Waals surface area contributed by atoms with E-state index >= 15 is 0 Å². The first-order valence-electron chi connectivity index (χ1n) is 18.0. The predicted octanol–water partition coefficient (Wildman–Crippen LogP) is 5.90. The van der Waals surface area contributed by atoms with E-state index in [4.69, 9.17) is 25.8 Å². The third-order valence-electron chi connectivity index (χ3n) is 12.3. The minimum absolute atomic E-state index is 0.0324. The molecule has 8 nitrogen and oxygen atoms in total. The number of ether oxygens (including phenoxy) is 3. The molecule has 2 aliphatic carbocycles. The van der Waals surface area contributed by atoms with Gasteiger partial charge in [-0.1, -0.05) is 36.7 Å². The van der Waals surface area contributed by atoms with Crippen LogP contribution in [0, 0.1) is 17.8 Å². The number of morpholine rings is 1. The third kappa shape index (κ3) is 6.78. The molecule has 7 atom stereocenters. The SMILES string of the molecule is C=S1(=O)NC(=O)c2ccc3c(c2)N(C[C@@H]2CC[C@H]2[C@@](CN2CCOCC2)(OC)/C=C/C[C@H](C)[C@H]1C)C[C@@]1(CCCc2cc(Cl)ccc21)CO3. The molecule has 3 heterocycles. The van der Waals surface area contributed by atoms with Crippen molar-refractivity contribution in [2.24, 2.45) is 17.8 Å². The summed E-state index contributed by atoms with van der Waals surface area (Å²) in [5.41, 5.74) is 3.29. The average molecular weight is 710 g/mol. The predicted molar refractivity (Wildman–Crippen MR) is 199 cm³/mol. The summed E-state index contributed by atoms with van der Waals surface area (Å²) in [6.45, 7) is 10.2. The number of rotatable bonds is 3. The Labute approximate surface area is 297 Å². The number of carbonyl (C=O) groups is 1. The van der Waals surface area contributed by atoms with Gasteiger partial charge >= 0.3 is 0 Å². The van der Waals surface area contributed by atoms with Crippen LogP contribution in [-0.2, 0) is 31.0 Å². The Bertz CT molecular complexity index is 1690. The van der Waals surface area contributed by atoms with E-state index in [-0.39, 0.29) is 22.5 Å². The number of anilines is 1. The van der Waals surface area contributed by atoms with E-state index in [1.807, 2.05) is 32.2 Å². The molecule has 1 unspecified atom stereocenters. The molecule has 1 saturated carbocycles. The average Bonchev–Trinajstić information content (AvgIpc) is 3.22. The van der Waals surface area contributed by atoms with Crippen molar-refractivity contribution in [3.8, 4) is 5.75 Å². The highest BCUT2D eigenvalue weighted by Crippen LogP contribution is 2.49. The van der Waals surface area contributed by atoms with Gasteiger partial charge in [0.1, 0.15) is 11.4 Å². The number of fused-ring (bicyclic) bond motifs is 4. The zero-order valence-corrected chi connectivity index (χ0v) is 30.8. The van der Waals surface area contributed by atoms with Gasteiger partial charge in [0, 0.05) is 61.1 Å². The number of methoxy groups -OCH3 is 1. The minimum Gasteiger partial charge on any atom is -0.490 e. The molecule has 49 heavy (non-hydrogen) atoms. The summed E-state index contributed by atoms with van der Waals surface area (Å²) in [6.07, 6.45) is 10.5. The van der Waals surface area contributed by atoms with Crippen molar-refractivity contribution in [2.45, 2.75) is 68.6 Å². The maximum absolute atomic E-state index is 14.0. The van der Waals surface area contributed by atoms with E-state index in [1.165, 1.54) is 11.1 Å². The van der Waals surface area contributed by atoms with Gasteiger partial charge in [0.15, 0.2) is 0 Å². The van der Waals surface area contributed by atoms with E-state index in [2.05, 4.69) is 51.6 Å². The topological polar surface area (TPSA) is 80.3 Å². The second-order valence-corrected chi connectivity index (χ2v) is 18.1. The van der Waals surface area contributed by atoms with Crippen molar-refractivity contribution < 1.29 is 23.2 Å². The summed E-state index contributed by atoms with van der Waals surface area (Å²) in [6, 6.07) is 12.0. The Morgan fingerprint density at radius 2 is 1.96 bits per heavy atom. The molecule has 0 radical (unpaired) electrons. The summed E-state index contributed by atoms with van der Waals surface area (Å²) in [4.78, 5) is 18.7. The number of amides is 1. The van der Waals surface area contributed by atoms with Crippen LogP contribution in [0.2, 0.25) is 5.02 Å². The number of carbonyl (C=O) groups excluding carboxylic acids is 1. The molecule has 10 heteroatoms. The highest BCUT2D eigenvalue weighted by atomic mass is 35.5. The Kier molecular flexibility index (Phi) is 9.87. The zero-order valence-electron chi connectivity index (χ0n) is 29.3. The summed E-state index contributed by atoms with van der Waals surface area (Å²) >= 11 is 6.49. The Balaban J connectivity index is 1.32. The highest BCUT2D eigenvalue weighted by molar-refractivity contribution is 7.99. The number of allylic oxidation sites excluding steroid dienone is 1. The number of nitrogens with zero attached hydrogens (tertiary/aromatic N) is 2. The fourth-order valence-electron chi connectivity index (χ4n) is 9.01. The Morgan fingerprint density at radius 3 is 2.71 bits per heavy atom. The van der Waals surface area contributed by atoms with Gasteiger partial charge < -0.3 is 19.1 Å². The van der Waals surface area contributed by atoms with E-state index in [1.54, 1.807) is 6.07 Å². The van der Waals surface area contributed by atoms with E-state index in [0.717, 1.165) is 94.5 Å². The molecule has 1 N–H and O–H groups in total. The van der Waals surface area contributed by atoms with Crippen LogP contribution in [0.4, 0.5) is 5.69 Å². The van der Waals surface area contributed by atoms with Gasteiger partial charge in [0.05, 0.1) is 35.2 Å². The van der Waals surface area contributed by atoms with Crippen LogP contribution >= 0.6 is 11.6 Å². The molecule has 266 valence electrons. The molecule has 5 aliphatic rings. The Hall–Kier alpha value is -2.56. The second-order valence-electron chi connectivity index (χ2n) is 15.3. The van der Waals surface area contributed by atoms with Gasteiger partial charge in [0.2, 0.25) is 0 Å². The molecule has 7 rings (SSSR count). The molecule has 0 aromatic heterocycles. The van der Waals surface area contributed by atoms with Crippen molar-refractivity contribution in [1.82, 2.24) is 9.62 Å². The van der Waals surface area contributed by atoms with Gasteiger partial charge in [-0.2, -0.15) is 0 Å². The van der Waals surface area contributed by atoms with Crippen LogP contribution in [0.3, 0.4) is 0 Å². The lowest BCUT2D eigenvalue weighted by Crippen LogP contribution is -2.58. The number of halogens is 1. The largest absolute Gasteiger partial charge is 0.490 e. The zero-order chi connectivity index (χ0) is 34.4. The number of nitrogens with one attached hydrogen (secondary N) is 1. The Morgan fingerprint density at radius 1 is 1.14 bits per heavy atom. The fraction of sp³-hybridized carbons (Fsp3) is 0.590. The summed E-state index contributed by atoms with van der Waals surface area (Å²) in [5, 5.41) is 0.434. The van der Waals surface area contributed by atoms with Crippen molar-refractivity contribution in [1.29, 1.82) is 0 Å². The summed E-state index contributed by atoms with van der Waals surface area (Å²) < 4.78 is 35.8. The number of hydrogen-bond donors (Lipinski definition) is 1. The number of aryl methyl sites for hydroxylation is 1. The summed E-state index contributed by atoms with van der Waals surface area (Å²) in [7, 11) is -1.08. The van der Waals surface area contributed by atoms with Crippen LogP contribution < -0.4 is 14.4 Å². The molecule has 1 spiro atoms. The van der Waals surface area contributed by atoms with Gasteiger partial charge in [-0.15, -0.1) is 0 Å². The maximum Gasteiger partial charge on any atom is 0.262 e. The molecule has 1 amide bonds. The quantitative estimate of drug-likeness (QED) is 0.314. The summed E-state index contributed by atoms with van der Waals surface area (Å²) in [5.74, 6) is 5.17. The smallest absolute Gasteiger partial charge is 0.262 e. The van der Waals surface area contributed by atoms with Gasteiger partial charge in [0.25, 0.3) is 5.91 Å². The van der Waals surface area contributed by atoms with Crippen molar-refractivity contribution >= 4 is 38.8 Å². The van der Waals surface area contributed by atoms with Crippen molar-refractivity contribution in [3.05, 3.63) is 70.3 Å². The van der Waals surface area contributed by atoms with Crippen molar-refractivity contribution in [2.75, 3.05) is 64.6 Å². The van der Waals surface area contributed by atoms with Crippen LogP contribution in [-0.4, -0.2) is 91.4 Å². The number of benzene rings is 2.